The minimum Gasteiger partial charge on any atom is -0.497 e. The topological polar surface area (TPSA) is 77.5 Å². The summed E-state index contributed by atoms with van der Waals surface area (Å²) < 4.78 is 9.95. The molecule has 1 heterocycles. The summed E-state index contributed by atoms with van der Waals surface area (Å²) in [5.74, 6) is -0.231. The predicted molar refractivity (Wildman–Crippen MR) is 76.1 cm³/mol. The standard InChI is InChI=1S/C15H20N2O4/c1-20-11-6-9-16-12(10-11)13(18)17-15(14(19)21-2)7-4-3-5-8-15/h6,9-10H,3-5,7-8H2,1-2H3,(H,17,18). The van der Waals surface area contributed by atoms with Crippen LogP contribution in [0.4, 0.5) is 0 Å². The van der Waals surface area contributed by atoms with Gasteiger partial charge >= 0.3 is 5.97 Å². The summed E-state index contributed by atoms with van der Waals surface area (Å²) in [6.07, 6.45) is 5.53. The van der Waals surface area contributed by atoms with Gasteiger partial charge in [0, 0.05) is 12.3 Å². The molecule has 1 saturated carbocycles. The third-order valence-electron chi connectivity index (χ3n) is 3.84. The van der Waals surface area contributed by atoms with Gasteiger partial charge in [-0.05, 0) is 18.9 Å². The van der Waals surface area contributed by atoms with Crippen molar-refractivity contribution in [2.24, 2.45) is 0 Å². The second kappa shape index (κ2) is 6.56. The predicted octanol–water partition coefficient (Wildman–Crippen LogP) is 1.70. The van der Waals surface area contributed by atoms with Gasteiger partial charge < -0.3 is 14.8 Å². The molecule has 2 rings (SSSR count). The number of hydrogen-bond donors (Lipinski definition) is 1. The number of aromatic nitrogens is 1. The van der Waals surface area contributed by atoms with Gasteiger partial charge in [-0.25, -0.2) is 4.79 Å². The molecule has 0 saturated heterocycles. The van der Waals surface area contributed by atoms with Crippen LogP contribution in [0, 0.1) is 0 Å². The summed E-state index contributed by atoms with van der Waals surface area (Å²) in [6, 6.07) is 3.20. The first-order valence-corrected chi connectivity index (χ1v) is 7.02. The summed E-state index contributed by atoms with van der Waals surface area (Å²) in [7, 11) is 2.86. The molecule has 1 amide bonds. The Morgan fingerprint density at radius 2 is 1.95 bits per heavy atom. The summed E-state index contributed by atoms with van der Waals surface area (Å²) in [5.41, 5.74) is -0.710. The van der Waals surface area contributed by atoms with E-state index in [2.05, 4.69) is 10.3 Å². The highest BCUT2D eigenvalue weighted by Gasteiger charge is 2.42. The number of nitrogens with zero attached hydrogens (tertiary/aromatic N) is 1. The van der Waals surface area contributed by atoms with Crippen molar-refractivity contribution in [3.63, 3.8) is 0 Å². The molecule has 6 nitrogen and oxygen atoms in total. The normalized spacial score (nSPS) is 16.9. The Kier molecular flexibility index (Phi) is 4.77. The van der Waals surface area contributed by atoms with Crippen molar-refractivity contribution in [2.75, 3.05) is 14.2 Å². The summed E-state index contributed by atoms with van der Waals surface area (Å²) >= 11 is 0. The molecule has 0 bridgehead atoms. The number of carbonyl (C=O) groups is 2. The smallest absolute Gasteiger partial charge is 0.331 e. The molecule has 1 aromatic rings. The fourth-order valence-electron chi connectivity index (χ4n) is 2.67. The maximum absolute atomic E-state index is 12.4. The van der Waals surface area contributed by atoms with Crippen LogP contribution in [0.2, 0.25) is 0 Å². The summed E-state index contributed by atoms with van der Waals surface area (Å²) in [5, 5.41) is 2.82. The van der Waals surface area contributed by atoms with Gasteiger partial charge in [-0.2, -0.15) is 0 Å². The van der Waals surface area contributed by atoms with Crippen LogP contribution >= 0.6 is 0 Å². The van der Waals surface area contributed by atoms with Crippen LogP contribution in [-0.4, -0.2) is 36.6 Å². The molecule has 1 aliphatic carbocycles. The van der Waals surface area contributed by atoms with Crippen molar-refractivity contribution in [3.05, 3.63) is 24.0 Å². The van der Waals surface area contributed by atoms with Crippen molar-refractivity contribution in [3.8, 4) is 5.75 Å². The lowest BCUT2D eigenvalue weighted by molar-refractivity contribution is -0.149. The Morgan fingerprint density at radius 1 is 1.24 bits per heavy atom. The van der Waals surface area contributed by atoms with Gasteiger partial charge in [0.25, 0.3) is 5.91 Å². The molecule has 0 aromatic carbocycles. The zero-order valence-corrected chi connectivity index (χ0v) is 12.3. The number of rotatable bonds is 4. The average Bonchev–Trinajstić information content (AvgIpc) is 2.54. The fourth-order valence-corrected chi connectivity index (χ4v) is 2.67. The minimum absolute atomic E-state index is 0.225. The van der Waals surface area contributed by atoms with E-state index in [1.54, 1.807) is 12.1 Å². The third kappa shape index (κ3) is 3.32. The monoisotopic (exact) mass is 292 g/mol. The minimum atomic E-state index is -0.936. The quantitative estimate of drug-likeness (QED) is 0.855. The molecular formula is C15H20N2O4. The number of hydrogen-bond acceptors (Lipinski definition) is 5. The molecule has 21 heavy (non-hydrogen) atoms. The third-order valence-corrected chi connectivity index (χ3v) is 3.84. The number of nitrogens with one attached hydrogen (secondary N) is 1. The molecular weight excluding hydrogens is 272 g/mol. The average molecular weight is 292 g/mol. The van der Waals surface area contributed by atoms with Gasteiger partial charge in [-0.3, -0.25) is 9.78 Å². The van der Waals surface area contributed by atoms with Gasteiger partial charge in [0.15, 0.2) is 0 Å². The zero-order chi connectivity index (χ0) is 15.3. The molecule has 0 atom stereocenters. The van der Waals surface area contributed by atoms with Crippen LogP contribution < -0.4 is 10.1 Å². The SMILES string of the molecule is COC(=O)C1(NC(=O)c2cc(OC)ccn2)CCCCC1. The van der Waals surface area contributed by atoms with Gasteiger partial charge in [-0.15, -0.1) is 0 Å². The first-order valence-electron chi connectivity index (χ1n) is 7.02. The Balaban J connectivity index is 2.19. The van der Waals surface area contributed by atoms with Crippen LogP contribution in [0.15, 0.2) is 18.3 Å². The van der Waals surface area contributed by atoms with Gasteiger partial charge in [-0.1, -0.05) is 19.3 Å². The summed E-state index contributed by atoms with van der Waals surface area (Å²) in [4.78, 5) is 28.5. The maximum Gasteiger partial charge on any atom is 0.331 e. The highest BCUT2D eigenvalue weighted by molar-refractivity contribution is 5.97. The Hall–Kier alpha value is -2.11. The molecule has 0 unspecified atom stereocenters. The van der Waals surface area contributed by atoms with E-state index in [1.807, 2.05) is 0 Å². The van der Waals surface area contributed by atoms with Gasteiger partial charge in [0.05, 0.1) is 14.2 Å². The molecule has 0 spiro atoms. The van der Waals surface area contributed by atoms with Crippen LogP contribution in [0.25, 0.3) is 0 Å². The van der Waals surface area contributed by atoms with E-state index in [1.165, 1.54) is 20.4 Å². The highest BCUT2D eigenvalue weighted by atomic mass is 16.5. The molecule has 114 valence electrons. The van der Waals surface area contributed by atoms with E-state index in [-0.39, 0.29) is 11.6 Å². The molecule has 1 N–H and O–H groups in total. The van der Waals surface area contributed by atoms with E-state index in [4.69, 9.17) is 9.47 Å². The van der Waals surface area contributed by atoms with E-state index < -0.39 is 11.5 Å². The van der Waals surface area contributed by atoms with Crippen molar-refractivity contribution >= 4 is 11.9 Å². The van der Waals surface area contributed by atoms with Gasteiger partial charge in [0.1, 0.15) is 17.0 Å². The van der Waals surface area contributed by atoms with E-state index in [9.17, 15) is 9.59 Å². The number of methoxy groups -OCH3 is 2. The van der Waals surface area contributed by atoms with Gasteiger partial charge in [0.2, 0.25) is 0 Å². The molecule has 1 aromatic heterocycles. The number of pyridine rings is 1. The van der Waals surface area contributed by atoms with Crippen LogP contribution in [0.1, 0.15) is 42.6 Å². The van der Waals surface area contributed by atoms with Crippen molar-refractivity contribution in [2.45, 2.75) is 37.6 Å². The molecule has 1 fully saturated rings. The second-order valence-electron chi connectivity index (χ2n) is 5.17. The Bertz CT molecular complexity index is 524. The maximum atomic E-state index is 12.4. The Labute approximate surface area is 123 Å². The summed E-state index contributed by atoms with van der Waals surface area (Å²) in [6.45, 7) is 0. The number of ether oxygens (including phenoxy) is 2. The molecule has 6 heteroatoms. The number of esters is 1. The zero-order valence-electron chi connectivity index (χ0n) is 12.3. The first-order chi connectivity index (χ1) is 10.1. The lowest BCUT2D eigenvalue weighted by atomic mass is 9.81. The molecule has 0 aliphatic heterocycles. The fraction of sp³-hybridized carbons (Fsp3) is 0.533. The van der Waals surface area contributed by atoms with Crippen molar-refractivity contribution < 1.29 is 19.1 Å². The lowest BCUT2D eigenvalue weighted by Crippen LogP contribution is -2.56. The lowest BCUT2D eigenvalue weighted by Gasteiger charge is -2.35. The van der Waals surface area contributed by atoms with Crippen molar-refractivity contribution in [1.29, 1.82) is 0 Å². The number of amides is 1. The largest absolute Gasteiger partial charge is 0.497 e. The molecule has 0 radical (unpaired) electrons. The van der Waals surface area contributed by atoms with Crippen LogP contribution in [0.5, 0.6) is 5.75 Å². The number of carbonyl (C=O) groups excluding carboxylic acids is 2. The van der Waals surface area contributed by atoms with E-state index in [0.29, 0.717) is 18.6 Å². The van der Waals surface area contributed by atoms with Crippen molar-refractivity contribution in [1.82, 2.24) is 10.3 Å². The first kappa shape index (κ1) is 15.3. The molecule has 1 aliphatic rings. The van der Waals surface area contributed by atoms with E-state index in [0.717, 1.165) is 19.3 Å². The van der Waals surface area contributed by atoms with Crippen LogP contribution in [-0.2, 0) is 9.53 Å². The highest BCUT2D eigenvalue weighted by Crippen LogP contribution is 2.29. The van der Waals surface area contributed by atoms with E-state index >= 15 is 0 Å². The Morgan fingerprint density at radius 3 is 2.57 bits per heavy atom. The second-order valence-corrected chi connectivity index (χ2v) is 5.17. The van der Waals surface area contributed by atoms with Crippen LogP contribution in [0.3, 0.4) is 0 Å².